The molecule has 0 radical (unpaired) electrons. The highest BCUT2D eigenvalue weighted by atomic mass is 16.5. The van der Waals surface area contributed by atoms with Gasteiger partial charge in [-0.05, 0) is 31.5 Å². The Morgan fingerprint density at radius 2 is 1.89 bits per heavy atom. The Hall–Kier alpha value is -2.04. The van der Waals surface area contributed by atoms with Crippen molar-refractivity contribution in [3.05, 3.63) is 29.8 Å². The smallest absolute Gasteiger partial charge is 0.304 e. The van der Waals surface area contributed by atoms with Crippen molar-refractivity contribution in [2.75, 3.05) is 6.61 Å². The molecule has 0 aliphatic rings. The fraction of sp³-hybridized carbons (Fsp3) is 0.385. The third-order valence-corrected chi connectivity index (χ3v) is 2.85. The fourth-order valence-electron chi connectivity index (χ4n) is 1.72. The van der Waals surface area contributed by atoms with Crippen molar-refractivity contribution in [2.24, 2.45) is 5.73 Å². The fourth-order valence-corrected chi connectivity index (χ4v) is 1.72. The molecule has 0 heterocycles. The largest absolute Gasteiger partial charge is 0.494 e. The molecule has 1 amide bonds. The van der Waals surface area contributed by atoms with E-state index >= 15 is 0 Å². The second kappa shape index (κ2) is 5.53. The summed E-state index contributed by atoms with van der Waals surface area (Å²) < 4.78 is 5.28. The van der Waals surface area contributed by atoms with Crippen LogP contribution in [-0.4, -0.2) is 23.6 Å². The number of carbonyl (C=O) groups is 2. The van der Waals surface area contributed by atoms with Crippen LogP contribution in [0.4, 0.5) is 0 Å². The summed E-state index contributed by atoms with van der Waals surface area (Å²) in [7, 11) is 0. The Balaban J connectivity index is 3.06. The van der Waals surface area contributed by atoms with E-state index in [2.05, 4.69) is 0 Å². The predicted molar refractivity (Wildman–Crippen MR) is 66.4 cm³/mol. The zero-order valence-electron chi connectivity index (χ0n) is 10.5. The number of primary amides is 1. The Morgan fingerprint density at radius 3 is 2.28 bits per heavy atom. The average Bonchev–Trinajstić information content (AvgIpc) is 2.29. The van der Waals surface area contributed by atoms with Gasteiger partial charge >= 0.3 is 5.97 Å². The summed E-state index contributed by atoms with van der Waals surface area (Å²) in [6, 6.07) is 6.72. The normalized spacial score (nSPS) is 13.7. The van der Waals surface area contributed by atoms with Gasteiger partial charge in [0.2, 0.25) is 5.91 Å². The number of aliphatic carboxylic acids is 1. The quantitative estimate of drug-likeness (QED) is 0.797. The second-order valence-corrected chi connectivity index (χ2v) is 4.22. The third kappa shape index (κ3) is 3.00. The number of carboxylic acids is 1. The van der Waals surface area contributed by atoms with Gasteiger partial charge in [-0.15, -0.1) is 0 Å². The van der Waals surface area contributed by atoms with Crippen molar-refractivity contribution < 1.29 is 19.4 Å². The summed E-state index contributed by atoms with van der Waals surface area (Å²) in [6.07, 6.45) is -0.337. The van der Waals surface area contributed by atoms with E-state index in [0.717, 1.165) is 0 Å². The first-order valence-electron chi connectivity index (χ1n) is 5.65. The van der Waals surface area contributed by atoms with Crippen LogP contribution < -0.4 is 10.5 Å². The molecule has 98 valence electrons. The van der Waals surface area contributed by atoms with Crippen LogP contribution >= 0.6 is 0 Å². The third-order valence-electron chi connectivity index (χ3n) is 2.85. The molecule has 0 aliphatic heterocycles. The van der Waals surface area contributed by atoms with Gasteiger partial charge in [-0.2, -0.15) is 0 Å². The zero-order chi connectivity index (χ0) is 13.8. The van der Waals surface area contributed by atoms with Crippen LogP contribution in [-0.2, 0) is 15.0 Å². The molecule has 1 atom stereocenters. The van der Waals surface area contributed by atoms with Crippen molar-refractivity contribution in [3.63, 3.8) is 0 Å². The molecule has 5 heteroatoms. The summed E-state index contributed by atoms with van der Waals surface area (Å²) in [5.41, 5.74) is 4.67. The molecule has 0 bridgehead atoms. The number of hydrogen-bond acceptors (Lipinski definition) is 3. The Labute approximate surface area is 106 Å². The minimum atomic E-state index is -1.21. The standard InChI is InChI=1S/C13H17NO4/c1-3-18-10-6-4-9(5-7-10)13(2,12(14)17)8-11(15)16/h4-7H,3,8H2,1-2H3,(H2,14,17)(H,15,16). The SMILES string of the molecule is CCOc1ccc(C(C)(CC(=O)O)C(N)=O)cc1. The van der Waals surface area contributed by atoms with E-state index in [-0.39, 0.29) is 6.42 Å². The van der Waals surface area contributed by atoms with Gasteiger partial charge in [-0.1, -0.05) is 12.1 Å². The van der Waals surface area contributed by atoms with E-state index in [9.17, 15) is 9.59 Å². The molecule has 1 unspecified atom stereocenters. The minimum absolute atomic E-state index is 0.337. The molecule has 18 heavy (non-hydrogen) atoms. The molecule has 1 rings (SSSR count). The van der Waals surface area contributed by atoms with Gasteiger partial charge in [-0.25, -0.2) is 0 Å². The van der Waals surface area contributed by atoms with Gasteiger partial charge in [0.05, 0.1) is 18.4 Å². The summed E-state index contributed by atoms with van der Waals surface area (Å²) >= 11 is 0. The van der Waals surface area contributed by atoms with Crippen LogP contribution in [0.3, 0.4) is 0 Å². The number of carbonyl (C=O) groups excluding carboxylic acids is 1. The summed E-state index contributed by atoms with van der Waals surface area (Å²) in [5, 5.41) is 8.87. The average molecular weight is 251 g/mol. The lowest BCUT2D eigenvalue weighted by Crippen LogP contribution is -2.40. The van der Waals surface area contributed by atoms with E-state index in [1.54, 1.807) is 24.3 Å². The van der Waals surface area contributed by atoms with Crippen LogP contribution in [0.15, 0.2) is 24.3 Å². The molecule has 1 aromatic rings. The Bertz CT molecular complexity index is 441. The lowest BCUT2D eigenvalue weighted by atomic mass is 9.79. The van der Waals surface area contributed by atoms with Gasteiger partial charge in [0, 0.05) is 0 Å². The first kappa shape index (κ1) is 14.0. The highest BCUT2D eigenvalue weighted by Gasteiger charge is 2.35. The molecule has 0 fully saturated rings. The van der Waals surface area contributed by atoms with Crippen LogP contribution in [0.25, 0.3) is 0 Å². The molecule has 0 spiro atoms. The lowest BCUT2D eigenvalue weighted by Gasteiger charge is -2.24. The summed E-state index contributed by atoms with van der Waals surface area (Å²) in [6.45, 7) is 3.94. The van der Waals surface area contributed by atoms with Crippen molar-refractivity contribution in [3.8, 4) is 5.75 Å². The molecular formula is C13H17NO4. The topological polar surface area (TPSA) is 89.6 Å². The second-order valence-electron chi connectivity index (χ2n) is 4.22. The van der Waals surface area contributed by atoms with Crippen molar-refractivity contribution in [1.82, 2.24) is 0 Å². The summed E-state index contributed by atoms with van der Waals surface area (Å²) in [4.78, 5) is 22.3. The number of benzene rings is 1. The van der Waals surface area contributed by atoms with Crippen LogP contribution in [0.2, 0.25) is 0 Å². The Kier molecular flexibility index (Phi) is 4.31. The lowest BCUT2D eigenvalue weighted by molar-refractivity contribution is -0.141. The van der Waals surface area contributed by atoms with Gasteiger partial charge in [-0.3, -0.25) is 9.59 Å². The minimum Gasteiger partial charge on any atom is -0.494 e. The van der Waals surface area contributed by atoms with E-state index in [1.165, 1.54) is 6.92 Å². The first-order chi connectivity index (χ1) is 8.40. The van der Waals surface area contributed by atoms with E-state index < -0.39 is 17.3 Å². The van der Waals surface area contributed by atoms with E-state index in [0.29, 0.717) is 17.9 Å². The highest BCUT2D eigenvalue weighted by molar-refractivity contribution is 5.90. The molecule has 3 N–H and O–H groups in total. The first-order valence-corrected chi connectivity index (χ1v) is 5.65. The van der Waals surface area contributed by atoms with Gasteiger partial charge in [0.25, 0.3) is 0 Å². The number of hydrogen-bond donors (Lipinski definition) is 2. The van der Waals surface area contributed by atoms with Gasteiger partial charge in [0.15, 0.2) is 0 Å². The number of nitrogens with two attached hydrogens (primary N) is 1. The molecule has 0 saturated heterocycles. The van der Waals surface area contributed by atoms with Crippen molar-refractivity contribution in [1.29, 1.82) is 0 Å². The van der Waals surface area contributed by atoms with E-state index in [1.807, 2.05) is 6.92 Å². The van der Waals surface area contributed by atoms with Gasteiger partial charge < -0.3 is 15.6 Å². The number of rotatable bonds is 6. The van der Waals surface area contributed by atoms with E-state index in [4.69, 9.17) is 15.6 Å². The molecule has 1 aromatic carbocycles. The van der Waals surface area contributed by atoms with Crippen molar-refractivity contribution in [2.45, 2.75) is 25.7 Å². The molecule has 5 nitrogen and oxygen atoms in total. The van der Waals surface area contributed by atoms with Crippen LogP contribution in [0, 0.1) is 0 Å². The van der Waals surface area contributed by atoms with Crippen molar-refractivity contribution >= 4 is 11.9 Å². The van der Waals surface area contributed by atoms with Crippen LogP contribution in [0.5, 0.6) is 5.75 Å². The Morgan fingerprint density at radius 1 is 1.33 bits per heavy atom. The maximum atomic E-state index is 11.5. The number of carboxylic acid groups (broad SMARTS) is 1. The molecular weight excluding hydrogens is 234 g/mol. The highest BCUT2D eigenvalue weighted by Crippen LogP contribution is 2.29. The monoisotopic (exact) mass is 251 g/mol. The number of amides is 1. The summed E-state index contributed by atoms with van der Waals surface area (Å²) in [5.74, 6) is -1.05. The predicted octanol–water partition coefficient (Wildman–Crippen LogP) is 1.30. The molecule has 0 aliphatic carbocycles. The maximum absolute atomic E-state index is 11.5. The molecule has 0 aromatic heterocycles. The zero-order valence-corrected chi connectivity index (χ0v) is 10.5. The maximum Gasteiger partial charge on any atom is 0.304 e. The number of ether oxygens (including phenoxy) is 1. The van der Waals surface area contributed by atoms with Crippen LogP contribution in [0.1, 0.15) is 25.8 Å². The van der Waals surface area contributed by atoms with Gasteiger partial charge in [0.1, 0.15) is 5.75 Å². The molecule has 0 saturated carbocycles.